The van der Waals surface area contributed by atoms with Crippen LogP contribution in [0.4, 0.5) is 0 Å². The highest BCUT2D eigenvalue weighted by Gasteiger charge is 2.34. The number of rotatable bonds is 5. The summed E-state index contributed by atoms with van der Waals surface area (Å²) in [4.78, 5) is 20.1. The van der Waals surface area contributed by atoms with E-state index in [0.29, 0.717) is 10.7 Å². The number of thioether (sulfide) groups is 1. The standard InChI is InChI=1S/C14H16N4OS/c1-10-7-17-13(18-8-10)20-9-14(16,12(15)19)11-5-3-2-4-6-11/h2-8H,9,16H2,1H3,(H2,15,19). The van der Waals surface area contributed by atoms with Crippen molar-refractivity contribution >= 4 is 17.7 Å². The minimum Gasteiger partial charge on any atom is -0.368 e. The van der Waals surface area contributed by atoms with Crippen LogP contribution in [0.15, 0.2) is 47.9 Å². The first kappa shape index (κ1) is 14.5. The zero-order valence-electron chi connectivity index (χ0n) is 11.1. The van der Waals surface area contributed by atoms with Gasteiger partial charge in [-0.15, -0.1) is 0 Å². The Hall–Kier alpha value is -1.92. The molecule has 0 saturated carbocycles. The van der Waals surface area contributed by atoms with Crippen molar-refractivity contribution < 1.29 is 4.79 Å². The number of benzene rings is 1. The van der Waals surface area contributed by atoms with E-state index < -0.39 is 11.4 Å². The van der Waals surface area contributed by atoms with Gasteiger partial charge < -0.3 is 11.5 Å². The van der Waals surface area contributed by atoms with Crippen molar-refractivity contribution in [2.75, 3.05) is 5.75 Å². The van der Waals surface area contributed by atoms with E-state index in [4.69, 9.17) is 11.5 Å². The normalized spacial score (nSPS) is 13.7. The lowest BCUT2D eigenvalue weighted by atomic mass is 9.92. The van der Waals surface area contributed by atoms with E-state index in [-0.39, 0.29) is 5.75 Å². The summed E-state index contributed by atoms with van der Waals surface area (Å²) in [6.45, 7) is 1.91. The van der Waals surface area contributed by atoms with Crippen LogP contribution in [0.1, 0.15) is 11.1 Å². The van der Waals surface area contributed by atoms with Crippen LogP contribution in [0.5, 0.6) is 0 Å². The van der Waals surface area contributed by atoms with Crippen molar-refractivity contribution in [3.8, 4) is 0 Å². The number of nitrogens with two attached hydrogens (primary N) is 2. The van der Waals surface area contributed by atoms with Crippen molar-refractivity contribution in [2.24, 2.45) is 11.5 Å². The average Bonchev–Trinajstić information content (AvgIpc) is 2.47. The smallest absolute Gasteiger partial charge is 0.243 e. The van der Waals surface area contributed by atoms with Gasteiger partial charge in [0.2, 0.25) is 5.91 Å². The molecular formula is C14H16N4OS. The summed E-state index contributed by atoms with van der Waals surface area (Å²) in [5.41, 5.74) is 12.1. The van der Waals surface area contributed by atoms with Crippen molar-refractivity contribution in [3.63, 3.8) is 0 Å². The molecule has 4 N–H and O–H groups in total. The number of hydrogen-bond donors (Lipinski definition) is 2. The minimum atomic E-state index is -1.24. The highest BCUT2D eigenvalue weighted by atomic mass is 32.2. The molecular weight excluding hydrogens is 272 g/mol. The maximum atomic E-state index is 11.7. The molecule has 1 aromatic heterocycles. The second-order valence-corrected chi connectivity index (χ2v) is 5.48. The highest BCUT2D eigenvalue weighted by molar-refractivity contribution is 7.99. The Morgan fingerprint density at radius 2 is 1.85 bits per heavy atom. The lowest BCUT2D eigenvalue weighted by Crippen LogP contribution is -2.51. The molecule has 1 atom stereocenters. The monoisotopic (exact) mass is 288 g/mol. The summed E-state index contributed by atoms with van der Waals surface area (Å²) in [6, 6.07) is 9.10. The van der Waals surface area contributed by atoms with Gasteiger partial charge in [-0.1, -0.05) is 42.1 Å². The molecule has 1 unspecified atom stereocenters. The van der Waals surface area contributed by atoms with Crippen LogP contribution in [0.3, 0.4) is 0 Å². The van der Waals surface area contributed by atoms with E-state index in [0.717, 1.165) is 5.56 Å². The van der Waals surface area contributed by atoms with Gasteiger partial charge in [0.05, 0.1) is 0 Å². The number of nitrogens with zero attached hydrogens (tertiary/aromatic N) is 2. The SMILES string of the molecule is Cc1cnc(SCC(N)(C(N)=O)c2ccccc2)nc1. The molecule has 0 saturated heterocycles. The summed E-state index contributed by atoms with van der Waals surface area (Å²) < 4.78 is 0. The van der Waals surface area contributed by atoms with Gasteiger partial charge in [0, 0.05) is 18.1 Å². The molecule has 0 radical (unpaired) electrons. The number of carbonyl (C=O) groups excluding carboxylic acids is 1. The molecule has 1 aromatic carbocycles. The lowest BCUT2D eigenvalue weighted by molar-refractivity contribution is -0.122. The Morgan fingerprint density at radius 1 is 1.25 bits per heavy atom. The van der Waals surface area contributed by atoms with Gasteiger partial charge in [0.1, 0.15) is 5.54 Å². The second kappa shape index (κ2) is 6.02. The summed E-state index contributed by atoms with van der Waals surface area (Å²) in [5, 5.41) is 0.572. The van der Waals surface area contributed by atoms with E-state index in [1.54, 1.807) is 24.5 Å². The number of amides is 1. The Labute approximate surface area is 121 Å². The minimum absolute atomic E-state index is 0.287. The van der Waals surface area contributed by atoms with E-state index >= 15 is 0 Å². The molecule has 0 aliphatic rings. The Morgan fingerprint density at radius 3 is 2.40 bits per heavy atom. The highest BCUT2D eigenvalue weighted by Crippen LogP contribution is 2.25. The topological polar surface area (TPSA) is 94.9 Å². The van der Waals surface area contributed by atoms with Crippen LogP contribution in [-0.4, -0.2) is 21.6 Å². The zero-order chi connectivity index (χ0) is 14.6. The zero-order valence-corrected chi connectivity index (χ0v) is 11.9. The Balaban J connectivity index is 2.18. The van der Waals surface area contributed by atoms with Crippen molar-refractivity contribution in [3.05, 3.63) is 53.9 Å². The molecule has 0 aliphatic carbocycles. The first-order valence-electron chi connectivity index (χ1n) is 6.08. The number of hydrogen-bond acceptors (Lipinski definition) is 5. The second-order valence-electron chi connectivity index (χ2n) is 4.53. The van der Waals surface area contributed by atoms with Crippen molar-refractivity contribution in [2.45, 2.75) is 17.6 Å². The molecule has 0 bridgehead atoms. The number of aryl methyl sites for hydroxylation is 1. The van der Waals surface area contributed by atoms with Gasteiger partial charge in [0.25, 0.3) is 0 Å². The molecule has 6 heteroatoms. The number of primary amides is 1. The molecule has 5 nitrogen and oxygen atoms in total. The van der Waals surface area contributed by atoms with Crippen LogP contribution < -0.4 is 11.5 Å². The molecule has 1 heterocycles. The van der Waals surface area contributed by atoms with Gasteiger partial charge in [-0.05, 0) is 18.1 Å². The first-order valence-corrected chi connectivity index (χ1v) is 7.07. The maximum Gasteiger partial charge on any atom is 0.243 e. The predicted octanol–water partition coefficient (Wildman–Crippen LogP) is 1.22. The first-order chi connectivity index (χ1) is 9.52. The van der Waals surface area contributed by atoms with Gasteiger partial charge >= 0.3 is 0 Å². The quantitative estimate of drug-likeness (QED) is 0.637. The summed E-state index contributed by atoms with van der Waals surface area (Å²) in [5.74, 6) is -0.279. The third kappa shape index (κ3) is 3.15. The molecule has 2 aromatic rings. The summed E-state index contributed by atoms with van der Waals surface area (Å²) >= 11 is 1.31. The summed E-state index contributed by atoms with van der Waals surface area (Å²) in [6.07, 6.45) is 3.45. The number of aromatic nitrogens is 2. The van der Waals surface area contributed by atoms with Crippen molar-refractivity contribution in [1.82, 2.24) is 9.97 Å². The van der Waals surface area contributed by atoms with Crippen LogP contribution >= 0.6 is 11.8 Å². The molecule has 2 rings (SSSR count). The Kier molecular flexibility index (Phi) is 4.36. The lowest BCUT2D eigenvalue weighted by Gasteiger charge is -2.25. The van der Waals surface area contributed by atoms with Crippen LogP contribution in [0.25, 0.3) is 0 Å². The molecule has 0 fully saturated rings. The molecule has 0 spiro atoms. The van der Waals surface area contributed by atoms with Crippen LogP contribution in [0.2, 0.25) is 0 Å². The Bertz CT molecular complexity index is 588. The fourth-order valence-electron chi connectivity index (χ4n) is 1.67. The van der Waals surface area contributed by atoms with E-state index in [1.807, 2.05) is 25.1 Å². The maximum absolute atomic E-state index is 11.7. The van der Waals surface area contributed by atoms with Gasteiger partial charge in [0.15, 0.2) is 5.16 Å². The molecule has 20 heavy (non-hydrogen) atoms. The fraction of sp³-hybridized carbons (Fsp3) is 0.214. The van der Waals surface area contributed by atoms with Gasteiger partial charge in [-0.25, -0.2) is 9.97 Å². The third-order valence-corrected chi connectivity index (χ3v) is 3.98. The van der Waals surface area contributed by atoms with E-state index in [2.05, 4.69) is 9.97 Å². The summed E-state index contributed by atoms with van der Waals surface area (Å²) in [7, 11) is 0. The largest absolute Gasteiger partial charge is 0.368 e. The van der Waals surface area contributed by atoms with Crippen LogP contribution in [-0.2, 0) is 10.3 Å². The average molecular weight is 288 g/mol. The van der Waals surface area contributed by atoms with Crippen LogP contribution in [0, 0.1) is 6.92 Å². The number of carbonyl (C=O) groups is 1. The van der Waals surface area contributed by atoms with E-state index in [9.17, 15) is 4.79 Å². The molecule has 0 aliphatic heterocycles. The van der Waals surface area contributed by atoms with Gasteiger partial charge in [-0.3, -0.25) is 4.79 Å². The van der Waals surface area contributed by atoms with Crippen molar-refractivity contribution in [1.29, 1.82) is 0 Å². The predicted molar refractivity (Wildman–Crippen MR) is 79.0 cm³/mol. The van der Waals surface area contributed by atoms with Gasteiger partial charge in [-0.2, -0.15) is 0 Å². The molecule has 1 amide bonds. The van der Waals surface area contributed by atoms with E-state index in [1.165, 1.54) is 11.8 Å². The molecule has 104 valence electrons. The fourth-order valence-corrected chi connectivity index (χ4v) is 2.59. The third-order valence-electron chi connectivity index (χ3n) is 2.91.